The van der Waals surface area contributed by atoms with Gasteiger partial charge in [0, 0.05) is 103 Å². The van der Waals surface area contributed by atoms with Crippen LogP contribution >= 0.6 is 11.3 Å². The van der Waals surface area contributed by atoms with Crippen molar-refractivity contribution in [2.75, 3.05) is 85.2 Å². The fraction of sp³-hybridized carbons (Fsp3) is 0.344. The number of fused-ring (bicyclic) bond motifs is 1. The van der Waals surface area contributed by atoms with Crippen molar-refractivity contribution >= 4 is 83.3 Å². The molecule has 9 aromatic carbocycles. The first kappa shape index (κ1) is 76.9. The third kappa shape index (κ3) is 18.9. The van der Waals surface area contributed by atoms with Crippen LogP contribution in [0.3, 0.4) is 0 Å². The van der Waals surface area contributed by atoms with E-state index >= 15 is 0 Å². The summed E-state index contributed by atoms with van der Waals surface area (Å²) in [7, 11) is 4.37. The van der Waals surface area contributed by atoms with Gasteiger partial charge >= 0.3 is 0 Å². The Hall–Kier alpha value is -10.9. The van der Waals surface area contributed by atoms with Crippen LogP contribution in [0.15, 0.2) is 210 Å². The average molecular weight is 1540 g/mol. The number of carbonyl (C=O) groups excluding carboxylic acids is 3. The Kier molecular flexibility index (Phi) is 24.8. The highest BCUT2D eigenvalue weighted by molar-refractivity contribution is 7.92. The van der Waals surface area contributed by atoms with Gasteiger partial charge in [0.05, 0.1) is 64.4 Å². The Bertz CT molecular complexity index is 4980. The molecule has 3 saturated heterocycles. The van der Waals surface area contributed by atoms with Gasteiger partial charge in [-0.15, -0.1) is 11.3 Å². The molecule has 111 heavy (non-hydrogen) atoms. The summed E-state index contributed by atoms with van der Waals surface area (Å²) in [6, 6.07) is 64.0. The van der Waals surface area contributed by atoms with Crippen LogP contribution in [-0.2, 0) is 37.5 Å². The lowest BCUT2D eigenvalue weighted by Crippen LogP contribution is -2.24. The van der Waals surface area contributed by atoms with Gasteiger partial charge in [-0.25, -0.2) is 8.42 Å². The van der Waals surface area contributed by atoms with Gasteiger partial charge in [0.2, 0.25) is 17.7 Å². The van der Waals surface area contributed by atoms with Crippen molar-refractivity contribution in [3.63, 3.8) is 0 Å². The molecule has 4 heterocycles. The minimum Gasteiger partial charge on any atom is -0.497 e. The van der Waals surface area contributed by atoms with Crippen molar-refractivity contribution in [1.29, 1.82) is 0 Å². The lowest BCUT2D eigenvalue weighted by Gasteiger charge is -2.20. The topological polar surface area (TPSA) is 205 Å². The van der Waals surface area contributed by atoms with Gasteiger partial charge in [-0.3, -0.25) is 19.1 Å². The number of thiophene rings is 1. The van der Waals surface area contributed by atoms with E-state index in [4.69, 9.17) is 37.9 Å². The van der Waals surface area contributed by atoms with Crippen LogP contribution < -0.4 is 68.0 Å². The second-order valence-corrected chi connectivity index (χ2v) is 31.9. The fourth-order valence-electron chi connectivity index (χ4n) is 15.8. The summed E-state index contributed by atoms with van der Waals surface area (Å²) in [5.74, 6) is 6.43. The number of carbonyl (C=O) groups is 3. The van der Waals surface area contributed by atoms with E-state index in [9.17, 15) is 22.8 Å². The maximum absolute atomic E-state index is 13.1. The van der Waals surface area contributed by atoms with E-state index in [1.54, 1.807) is 75.0 Å². The Morgan fingerprint density at radius 2 is 0.784 bits per heavy atom. The van der Waals surface area contributed by atoms with Crippen LogP contribution in [0.2, 0.25) is 0 Å². The molecule has 3 N–H and O–H groups in total. The molecule has 3 aliphatic heterocycles. The van der Waals surface area contributed by atoms with Gasteiger partial charge < -0.3 is 63.2 Å². The first-order valence-corrected chi connectivity index (χ1v) is 41.0. The van der Waals surface area contributed by atoms with Gasteiger partial charge in [0.1, 0.15) is 11.5 Å². The summed E-state index contributed by atoms with van der Waals surface area (Å²) in [6.07, 6.45) is 15.7. The number of amides is 3. The number of nitrogens with zero attached hydrogens (tertiary/aromatic N) is 3. The number of hydrogen-bond acceptors (Lipinski definition) is 16. The zero-order valence-electron chi connectivity index (χ0n) is 63.7. The summed E-state index contributed by atoms with van der Waals surface area (Å²) in [4.78, 5) is 44.8. The molecular formula is C90H98N6O13S2. The number of benzene rings is 9. The summed E-state index contributed by atoms with van der Waals surface area (Å²) in [6.45, 7) is 3.24. The maximum atomic E-state index is 13.1. The SMILES string of the molecule is COc1ccc(C2CC(=O)N(c3cccc(NCc4csc5ccccc45)c3)C2)cc1OC1CCCC1.COc1ccc(CNc2cccc(N3CC(c4ccc(OC)c(OC5CCCC5)c4)CC3=O)c2)cc1.COc1ccc(S(=O)(=O)Nc2cccc(N3CC(c4ccc(OC)c(OC5CCCC5)c4)CC3=O)c2)cc1. The van der Waals surface area contributed by atoms with E-state index in [-0.39, 0.29) is 58.7 Å². The average Bonchev–Trinajstić information content (AvgIpc) is 1.69. The van der Waals surface area contributed by atoms with Gasteiger partial charge in [0.25, 0.3) is 10.0 Å². The molecule has 21 heteroatoms. The van der Waals surface area contributed by atoms with Gasteiger partial charge in [-0.2, -0.15) is 0 Å². The summed E-state index contributed by atoms with van der Waals surface area (Å²) in [5.41, 5.74) is 10.6. The van der Waals surface area contributed by atoms with Crippen molar-refractivity contribution in [3.05, 3.63) is 233 Å². The zero-order valence-corrected chi connectivity index (χ0v) is 65.3. The fourth-order valence-corrected chi connectivity index (χ4v) is 17.8. The molecule has 10 aromatic rings. The third-order valence-electron chi connectivity index (χ3n) is 21.9. The predicted octanol–water partition coefficient (Wildman–Crippen LogP) is 18.9. The zero-order chi connectivity index (χ0) is 76.8. The third-order valence-corrected chi connectivity index (χ3v) is 24.3. The van der Waals surface area contributed by atoms with Crippen LogP contribution in [0.1, 0.15) is 142 Å². The van der Waals surface area contributed by atoms with Crippen LogP contribution in [0, 0.1) is 0 Å². The number of ether oxygens (including phenoxy) is 8. The van der Waals surface area contributed by atoms with E-state index in [0.29, 0.717) is 68.3 Å². The van der Waals surface area contributed by atoms with Crippen molar-refractivity contribution < 1.29 is 60.7 Å². The predicted molar refractivity (Wildman–Crippen MR) is 439 cm³/mol. The molecule has 6 fully saturated rings. The van der Waals surface area contributed by atoms with Crippen LogP contribution in [0.25, 0.3) is 10.1 Å². The molecule has 16 rings (SSSR count). The number of hydrogen-bond donors (Lipinski definition) is 3. The summed E-state index contributed by atoms with van der Waals surface area (Å²) >= 11 is 1.77. The van der Waals surface area contributed by atoms with Crippen molar-refractivity contribution in [1.82, 2.24) is 0 Å². The van der Waals surface area contributed by atoms with Crippen molar-refractivity contribution in [3.8, 4) is 46.0 Å². The molecule has 578 valence electrons. The number of rotatable bonds is 26. The van der Waals surface area contributed by atoms with Gasteiger partial charge in [-0.1, -0.05) is 66.7 Å². The van der Waals surface area contributed by atoms with E-state index in [1.165, 1.54) is 73.4 Å². The van der Waals surface area contributed by atoms with E-state index in [1.807, 2.05) is 107 Å². The molecule has 3 saturated carbocycles. The number of sulfonamides is 1. The van der Waals surface area contributed by atoms with E-state index < -0.39 is 10.0 Å². The minimum atomic E-state index is -3.80. The highest BCUT2D eigenvalue weighted by Gasteiger charge is 2.36. The molecule has 0 bridgehead atoms. The molecule has 0 spiro atoms. The Balaban J connectivity index is 0.000000139. The lowest BCUT2D eigenvalue weighted by atomic mass is 9.98. The quantitative estimate of drug-likeness (QED) is 0.0461. The Morgan fingerprint density at radius 1 is 0.396 bits per heavy atom. The second kappa shape index (κ2) is 35.9. The molecule has 3 aliphatic carbocycles. The molecule has 3 atom stereocenters. The van der Waals surface area contributed by atoms with Crippen molar-refractivity contribution in [2.45, 2.75) is 150 Å². The molecule has 3 unspecified atom stereocenters. The lowest BCUT2D eigenvalue weighted by molar-refractivity contribution is -0.118. The number of methoxy groups -OCH3 is 5. The molecule has 1 aromatic heterocycles. The molecular weight excluding hydrogens is 1440 g/mol. The van der Waals surface area contributed by atoms with Gasteiger partial charge in [0.15, 0.2) is 34.5 Å². The van der Waals surface area contributed by atoms with Crippen LogP contribution in [-0.4, -0.2) is 99.6 Å². The number of anilines is 6. The number of nitrogens with one attached hydrogen (secondary N) is 3. The Morgan fingerprint density at radius 3 is 1.20 bits per heavy atom. The first-order chi connectivity index (χ1) is 54.2. The standard InChI is InChI=1S/C31H32N2O3S.C30H34N2O4.C29H32N2O6S/c1-35-28-14-13-21(15-29(28)36-26-9-2-3-10-26)22-16-31(34)33(19-22)25-8-6-7-24(17-25)32-18-23-20-37-30-12-5-4-11-27(23)30;1-34-26-13-10-21(11-14-26)19-31-24-6-5-7-25(18-24)32-20-23(17-30(32)33)22-12-15-28(35-2)29(16-22)36-27-8-3-4-9-27;1-35-24-11-13-26(14-12-24)38(33,34)30-22-6-5-7-23(18-22)31-19-21(17-29(31)32)20-10-15-27(36-2)28(16-20)37-25-8-3-4-9-25/h4-8,11-15,17,20,22,26,32H,2-3,9-10,16,18-19H2,1H3;5-7,10-16,18,23,27,31H,3-4,8-9,17,19-20H2,1-2H3;5-7,10-16,18,21,25,30H,3-4,8-9,17,19H2,1-2H3. The van der Waals surface area contributed by atoms with Crippen LogP contribution in [0.4, 0.5) is 34.1 Å². The molecule has 3 amide bonds. The molecule has 6 aliphatic rings. The second-order valence-electron chi connectivity index (χ2n) is 29.3. The van der Waals surface area contributed by atoms with Crippen LogP contribution in [0.5, 0.6) is 46.0 Å². The smallest absolute Gasteiger partial charge is 0.261 e. The normalized spacial score (nSPS) is 18.0. The van der Waals surface area contributed by atoms with Gasteiger partial charge in [-0.05, 0) is 249 Å². The highest BCUT2D eigenvalue weighted by Crippen LogP contribution is 2.43. The molecule has 0 radical (unpaired) electrons. The molecule has 19 nitrogen and oxygen atoms in total. The largest absolute Gasteiger partial charge is 0.497 e. The minimum absolute atomic E-state index is 0.0146. The van der Waals surface area contributed by atoms with E-state index in [0.717, 1.165) is 125 Å². The van der Waals surface area contributed by atoms with E-state index in [2.05, 4.69) is 81.4 Å². The van der Waals surface area contributed by atoms with Crippen molar-refractivity contribution in [2.24, 2.45) is 0 Å². The first-order valence-electron chi connectivity index (χ1n) is 38.6. The maximum Gasteiger partial charge on any atom is 0.261 e. The summed E-state index contributed by atoms with van der Waals surface area (Å²) < 4.78 is 75.5. The monoisotopic (exact) mass is 1530 g/mol. The summed E-state index contributed by atoms with van der Waals surface area (Å²) in [5, 5.41) is 10.5. The Labute approximate surface area is 655 Å². The highest BCUT2D eigenvalue weighted by atomic mass is 32.2.